The van der Waals surface area contributed by atoms with E-state index in [-0.39, 0.29) is 11.8 Å². The van der Waals surface area contributed by atoms with Crippen LogP contribution in [-0.2, 0) is 18.6 Å². The number of carbonyl (C=O) groups is 2. The summed E-state index contributed by atoms with van der Waals surface area (Å²) in [6.45, 7) is 0. The van der Waals surface area contributed by atoms with Crippen LogP contribution in [0.2, 0.25) is 0 Å². The van der Waals surface area contributed by atoms with Crippen molar-refractivity contribution in [2.75, 3.05) is 28.2 Å². The zero-order valence-electron chi connectivity index (χ0n) is 9.51. The molecule has 1 heterocycles. The Balaban J connectivity index is 2.82. The molecule has 0 aromatic carbocycles. The highest BCUT2D eigenvalue weighted by molar-refractivity contribution is 7.76. The number of halogens is 1. The normalized spacial score (nSPS) is 25.6. The second-order valence-electron chi connectivity index (χ2n) is 3.73. The van der Waals surface area contributed by atoms with Gasteiger partial charge in [-0.2, -0.15) is 0 Å². The SMILES string of the molecule is CN(C)C(=O)[C@@H]1OP(Cl)O[C@H]1C(=O)N(C)C. The molecule has 2 amide bonds. The van der Waals surface area contributed by atoms with Crippen molar-refractivity contribution in [2.45, 2.75) is 12.2 Å². The quantitative estimate of drug-likeness (QED) is 0.681. The molecule has 92 valence electrons. The van der Waals surface area contributed by atoms with Gasteiger partial charge in [-0.15, -0.1) is 0 Å². The van der Waals surface area contributed by atoms with Crippen LogP contribution in [0.1, 0.15) is 0 Å². The van der Waals surface area contributed by atoms with Crippen LogP contribution in [0.3, 0.4) is 0 Å². The van der Waals surface area contributed by atoms with Crippen molar-refractivity contribution < 1.29 is 18.6 Å². The second-order valence-corrected chi connectivity index (χ2v) is 5.40. The van der Waals surface area contributed by atoms with Crippen LogP contribution in [0.5, 0.6) is 0 Å². The molecule has 0 N–H and O–H groups in total. The van der Waals surface area contributed by atoms with Gasteiger partial charge in [-0.1, -0.05) is 0 Å². The molecule has 0 saturated carbocycles. The van der Waals surface area contributed by atoms with Gasteiger partial charge in [0.15, 0.2) is 12.2 Å². The molecule has 1 rings (SSSR count). The van der Waals surface area contributed by atoms with E-state index in [0.29, 0.717) is 0 Å². The summed E-state index contributed by atoms with van der Waals surface area (Å²) >= 11 is 5.68. The van der Waals surface area contributed by atoms with E-state index in [1.165, 1.54) is 9.80 Å². The molecule has 0 aliphatic carbocycles. The van der Waals surface area contributed by atoms with Crippen LogP contribution in [0, 0.1) is 0 Å². The van der Waals surface area contributed by atoms with E-state index in [9.17, 15) is 9.59 Å². The maximum Gasteiger partial charge on any atom is 0.278 e. The minimum atomic E-state index is -1.68. The number of rotatable bonds is 2. The van der Waals surface area contributed by atoms with E-state index in [1.54, 1.807) is 28.2 Å². The Labute approximate surface area is 100 Å². The molecule has 1 saturated heterocycles. The molecule has 0 unspecified atom stereocenters. The average Bonchev–Trinajstić information content (AvgIpc) is 2.57. The zero-order valence-corrected chi connectivity index (χ0v) is 11.2. The fraction of sp³-hybridized carbons (Fsp3) is 0.750. The molecule has 0 aromatic rings. The summed E-state index contributed by atoms with van der Waals surface area (Å²) in [6.07, 6.45) is -1.90. The van der Waals surface area contributed by atoms with Crippen molar-refractivity contribution in [3.8, 4) is 0 Å². The van der Waals surface area contributed by atoms with Gasteiger partial charge in [0.25, 0.3) is 19.5 Å². The number of hydrogen-bond donors (Lipinski definition) is 0. The predicted molar refractivity (Wildman–Crippen MR) is 59.9 cm³/mol. The minimum absolute atomic E-state index is 0.328. The Kier molecular flexibility index (Phi) is 4.50. The molecule has 16 heavy (non-hydrogen) atoms. The lowest BCUT2D eigenvalue weighted by Crippen LogP contribution is -2.47. The molecule has 0 spiro atoms. The summed E-state index contributed by atoms with van der Waals surface area (Å²) in [5.41, 5.74) is 0. The van der Waals surface area contributed by atoms with Gasteiger partial charge >= 0.3 is 0 Å². The molecule has 0 bridgehead atoms. The summed E-state index contributed by atoms with van der Waals surface area (Å²) in [7, 11) is 4.64. The van der Waals surface area contributed by atoms with Gasteiger partial charge in [-0.05, 0) is 11.2 Å². The van der Waals surface area contributed by atoms with Gasteiger partial charge in [0, 0.05) is 28.2 Å². The minimum Gasteiger partial charge on any atom is -0.346 e. The van der Waals surface area contributed by atoms with Gasteiger partial charge in [0.2, 0.25) is 0 Å². The second kappa shape index (κ2) is 5.27. The summed E-state index contributed by atoms with van der Waals surface area (Å²) in [5, 5.41) is 0. The molecule has 6 nitrogen and oxygen atoms in total. The maximum atomic E-state index is 11.7. The van der Waals surface area contributed by atoms with E-state index in [2.05, 4.69) is 0 Å². The highest BCUT2D eigenvalue weighted by atomic mass is 35.7. The van der Waals surface area contributed by atoms with E-state index in [4.69, 9.17) is 20.3 Å². The number of likely N-dealkylation sites (N-methyl/N-ethyl adjacent to an activating group) is 2. The molecular weight excluding hydrogens is 255 g/mol. The van der Waals surface area contributed by atoms with E-state index < -0.39 is 19.9 Å². The first-order chi connectivity index (χ1) is 7.34. The molecule has 1 fully saturated rings. The maximum absolute atomic E-state index is 11.7. The van der Waals surface area contributed by atoms with Crippen molar-refractivity contribution in [1.82, 2.24) is 9.80 Å². The van der Waals surface area contributed by atoms with Crippen LogP contribution in [0.4, 0.5) is 0 Å². The lowest BCUT2D eigenvalue weighted by Gasteiger charge is -2.21. The third kappa shape index (κ3) is 2.83. The first kappa shape index (κ1) is 13.6. The number of nitrogens with zero attached hydrogens (tertiary/aromatic N) is 2. The Morgan fingerprint density at radius 3 is 1.56 bits per heavy atom. The highest BCUT2D eigenvalue weighted by Gasteiger charge is 2.46. The van der Waals surface area contributed by atoms with E-state index >= 15 is 0 Å². The summed E-state index contributed by atoms with van der Waals surface area (Å²) < 4.78 is 10.3. The Hall–Kier alpha value is -0.420. The van der Waals surface area contributed by atoms with E-state index in [1.807, 2.05) is 0 Å². The fourth-order valence-electron chi connectivity index (χ4n) is 1.17. The lowest BCUT2D eigenvalue weighted by molar-refractivity contribution is -0.146. The number of carbonyl (C=O) groups excluding carboxylic acids is 2. The number of amides is 2. The Morgan fingerprint density at radius 2 is 1.31 bits per heavy atom. The Morgan fingerprint density at radius 1 is 1.00 bits per heavy atom. The summed E-state index contributed by atoms with van der Waals surface area (Å²) in [6, 6.07) is 0. The topological polar surface area (TPSA) is 59.1 Å². The predicted octanol–water partition coefficient (Wildman–Crippen LogP) is 0.412. The molecule has 0 radical (unpaired) electrons. The van der Waals surface area contributed by atoms with Gasteiger partial charge in [0.1, 0.15) is 0 Å². The van der Waals surface area contributed by atoms with Crippen LogP contribution >= 0.6 is 19.0 Å². The largest absolute Gasteiger partial charge is 0.346 e. The summed E-state index contributed by atoms with van der Waals surface area (Å²) in [5.74, 6) is -0.656. The molecule has 8 heteroatoms. The Bertz CT molecular complexity index is 272. The van der Waals surface area contributed by atoms with Gasteiger partial charge in [-0.3, -0.25) is 9.59 Å². The standard InChI is InChI=1S/C8H14ClN2O4P/c1-10(2)7(12)5-6(8(13)11(3)4)15-16(9)14-5/h5-6H,1-4H3/t5-,6-/m1/s1. The first-order valence-corrected chi connectivity index (χ1v) is 6.64. The smallest absolute Gasteiger partial charge is 0.278 e. The lowest BCUT2D eigenvalue weighted by atomic mass is 10.1. The fourth-order valence-corrected chi connectivity index (χ4v) is 2.50. The first-order valence-electron chi connectivity index (χ1n) is 4.56. The number of hydrogen-bond acceptors (Lipinski definition) is 4. The van der Waals surface area contributed by atoms with Crippen molar-refractivity contribution in [1.29, 1.82) is 0 Å². The molecular formula is C8H14ClN2O4P. The molecule has 0 aromatic heterocycles. The molecule has 1 aliphatic heterocycles. The monoisotopic (exact) mass is 268 g/mol. The van der Waals surface area contributed by atoms with Crippen LogP contribution in [0.15, 0.2) is 0 Å². The van der Waals surface area contributed by atoms with Crippen LogP contribution < -0.4 is 0 Å². The van der Waals surface area contributed by atoms with Gasteiger partial charge < -0.3 is 18.8 Å². The van der Waals surface area contributed by atoms with Gasteiger partial charge in [-0.25, -0.2) is 0 Å². The highest BCUT2D eigenvalue weighted by Crippen LogP contribution is 2.53. The summed E-state index contributed by atoms with van der Waals surface area (Å²) in [4.78, 5) is 26.1. The average molecular weight is 269 g/mol. The van der Waals surface area contributed by atoms with Crippen LogP contribution in [-0.4, -0.2) is 62.0 Å². The third-order valence-corrected chi connectivity index (χ3v) is 3.30. The van der Waals surface area contributed by atoms with Crippen molar-refractivity contribution in [3.05, 3.63) is 0 Å². The molecule has 2 atom stereocenters. The van der Waals surface area contributed by atoms with Crippen LogP contribution in [0.25, 0.3) is 0 Å². The van der Waals surface area contributed by atoms with Gasteiger partial charge in [0.05, 0.1) is 0 Å². The molecule has 1 aliphatic rings. The van der Waals surface area contributed by atoms with Crippen molar-refractivity contribution in [2.24, 2.45) is 0 Å². The van der Waals surface area contributed by atoms with E-state index in [0.717, 1.165) is 0 Å². The van der Waals surface area contributed by atoms with Crippen molar-refractivity contribution >= 4 is 30.8 Å². The third-order valence-electron chi connectivity index (χ3n) is 2.04. The van der Waals surface area contributed by atoms with Crippen molar-refractivity contribution in [3.63, 3.8) is 0 Å². The zero-order chi connectivity index (χ0) is 12.5.